The highest BCUT2D eigenvalue weighted by Gasteiger charge is 2.27. The first kappa shape index (κ1) is 18.0. The fourth-order valence-electron chi connectivity index (χ4n) is 3.79. The summed E-state index contributed by atoms with van der Waals surface area (Å²) in [7, 11) is 1.68. The number of fused-ring (bicyclic) bond motifs is 1. The van der Waals surface area contributed by atoms with E-state index in [4.69, 9.17) is 9.47 Å². The second-order valence-corrected chi connectivity index (χ2v) is 7.05. The summed E-state index contributed by atoms with van der Waals surface area (Å²) < 4.78 is 24.8. The molecule has 1 aliphatic rings. The molecule has 3 aromatic carbocycles. The molecule has 0 radical (unpaired) electrons. The molecule has 0 aromatic heterocycles. The lowest BCUT2D eigenvalue weighted by Gasteiger charge is -2.32. The first-order chi connectivity index (χ1) is 13.2. The van der Waals surface area contributed by atoms with Crippen molar-refractivity contribution in [1.82, 2.24) is 5.32 Å². The van der Waals surface area contributed by atoms with Gasteiger partial charge in [0, 0.05) is 12.5 Å². The highest BCUT2D eigenvalue weighted by molar-refractivity contribution is 5.84. The molecular weight excluding hydrogens is 341 g/mol. The molecule has 0 aliphatic carbocycles. The van der Waals surface area contributed by atoms with Crippen molar-refractivity contribution in [3.05, 3.63) is 77.6 Å². The molecule has 3 aromatic rings. The number of rotatable bonds is 5. The van der Waals surface area contributed by atoms with Gasteiger partial charge in [-0.25, -0.2) is 4.39 Å². The predicted octanol–water partition coefficient (Wildman–Crippen LogP) is 4.65. The molecule has 2 atom stereocenters. The van der Waals surface area contributed by atoms with Crippen LogP contribution in [0.1, 0.15) is 23.5 Å². The first-order valence-corrected chi connectivity index (χ1v) is 9.37. The zero-order valence-electron chi connectivity index (χ0n) is 15.5. The minimum Gasteiger partial charge on any atom is -0.497 e. The van der Waals surface area contributed by atoms with Gasteiger partial charge in [0.2, 0.25) is 0 Å². The molecule has 1 N–H and O–H groups in total. The Balaban J connectivity index is 1.47. The van der Waals surface area contributed by atoms with E-state index in [2.05, 4.69) is 29.6 Å². The average molecular weight is 365 g/mol. The van der Waals surface area contributed by atoms with Crippen LogP contribution in [0.4, 0.5) is 4.39 Å². The molecule has 4 rings (SSSR count). The lowest BCUT2D eigenvalue weighted by Crippen LogP contribution is -2.40. The molecule has 3 nitrogen and oxygen atoms in total. The lowest BCUT2D eigenvalue weighted by molar-refractivity contribution is 0.0106. The van der Waals surface area contributed by atoms with Gasteiger partial charge in [-0.3, -0.25) is 0 Å². The van der Waals surface area contributed by atoms with E-state index < -0.39 is 0 Å². The Labute approximate surface area is 159 Å². The summed E-state index contributed by atoms with van der Waals surface area (Å²) in [6.07, 6.45) is 1.07. The highest BCUT2D eigenvalue weighted by Crippen LogP contribution is 2.29. The van der Waals surface area contributed by atoms with Gasteiger partial charge in [0.05, 0.1) is 19.8 Å². The predicted molar refractivity (Wildman–Crippen MR) is 106 cm³/mol. The van der Waals surface area contributed by atoms with Gasteiger partial charge in [-0.15, -0.1) is 0 Å². The average Bonchev–Trinajstić information content (AvgIpc) is 2.72. The number of ether oxygens (including phenoxy) is 2. The number of hydrogen-bond donors (Lipinski definition) is 1. The molecule has 2 unspecified atom stereocenters. The smallest absolute Gasteiger partial charge is 0.123 e. The van der Waals surface area contributed by atoms with Gasteiger partial charge in [0.25, 0.3) is 0 Å². The summed E-state index contributed by atoms with van der Waals surface area (Å²) in [4.78, 5) is 0. The maximum absolute atomic E-state index is 13.2. The van der Waals surface area contributed by atoms with Crippen molar-refractivity contribution in [3.63, 3.8) is 0 Å². The zero-order chi connectivity index (χ0) is 18.6. The monoisotopic (exact) mass is 365 g/mol. The van der Waals surface area contributed by atoms with Gasteiger partial charge in [-0.2, -0.15) is 0 Å². The Morgan fingerprint density at radius 2 is 1.78 bits per heavy atom. The summed E-state index contributed by atoms with van der Waals surface area (Å²) in [5.74, 6) is 0.955. The van der Waals surface area contributed by atoms with Crippen LogP contribution in [0.2, 0.25) is 0 Å². The molecule has 1 aliphatic heterocycles. The molecule has 1 saturated heterocycles. The number of hydrogen-bond acceptors (Lipinski definition) is 3. The van der Waals surface area contributed by atoms with Crippen LogP contribution in [-0.2, 0) is 11.3 Å². The first-order valence-electron chi connectivity index (χ1n) is 9.37. The number of halogens is 1. The normalized spacial score (nSPS) is 19.9. The van der Waals surface area contributed by atoms with Crippen molar-refractivity contribution in [2.45, 2.75) is 25.0 Å². The summed E-state index contributed by atoms with van der Waals surface area (Å²) >= 11 is 0. The third-order valence-corrected chi connectivity index (χ3v) is 5.30. The molecule has 0 bridgehead atoms. The molecule has 1 fully saturated rings. The molecule has 1 heterocycles. The van der Waals surface area contributed by atoms with E-state index in [0.717, 1.165) is 41.8 Å². The topological polar surface area (TPSA) is 30.5 Å². The SMILES string of the molecule is COc1ccc2cc(COC3CNCCC3c3ccc(F)cc3)ccc2c1. The van der Waals surface area contributed by atoms with Crippen LogP contribution in [0.25, 0.3) is 10.8 Å². The van der Waals surface area contributed by atoms with Gasteiger partial charge >= 0.3 is 0 Å². The summed E-state index contributed by atoms with van der Waals surface area (Å²) in [5.41, 5.74) is 2.30. The van der Waals surface area contributed by atoms with E-state index in [1.165, 1.54) is 17.5 Å². The molecule has 140 valence electrons. The van der Waals surface area contributed by atoms with E-state index in [1.807, 2.05) is 24.3 Å². The van der Waals surface area contributed by atoms with Crippen LogP contribution in [0.3, 0.4) is 0 Å². The van der Waals surface area contributed by atoms with E-state index in [0.29, 0.717) is 6.61 Å². The van der Waals surface area contributed by atoms with Crippen LogP contribution in [0.15, 0.2) is 60.7 Å². The summed E-state index contributed by atoms with van der Waals surface area (Å²) in [6, 6.07) is 19.3. The molecule has 0 saturated carbocycles. The second-order valence-electron chi connectivity index (χ2n) is 7.05. The Bertz CT molecular complexity index is 910. The Morgan fingerprint density at radius 1 is 1.00 bits per heavy atom. The summed E-state index contributed by atoms with van der Waals surface area (Å²) in [5, 5.41) is 5.74. The van der Waals surface area contributed by atoms with Crippen LogP contribution in [0, 0.1) is 5.82 Å². The van der Waals surface area contributed by atoms with Crippen LogP contribution in [-0.4, -0.2) is 26.3 Å². The number of nitrogens with one attached hydrogen (secondary N) is 1. The Kier molecular flexibility index (Phi) is 5.37. The van der Waals surface area contributed by atoms with Crippen LogP contribution >= 0.6 is 0 Å². The van der Waals surface area contributed by atoms with Gasteiger partial charge in [0.1, 0.15) is 11.6 Å². The van der Waals surface area contributed by atoms with E-state index in [-0.39, 0.29) is 17.8 Å². The van der Waals surface area contributed by atoms with Crippen molar-refractivity contribution in [3.8, 4) is 5.75 Å². The molecule has 4 heteroatoms. The zero-order valence-corrected chi connectivity index (χ0v) is 15.5. The van der Waals surface area contributed by atoms with Crippen molar-refractivity contribution < 1.29 is 13.9 Å². The number of piperidine rings is 1. The van der Waals surface area contributed by atoms with E-state index >= 15 is 0 Å². The van der Waals surface area contributed by atoms with Crippen LogP contribution < -0.4 is 10.1 Å². The lowest BCUT2D eigenvalue weighted by atomic mass is 9.88. The van der Waals surface area contributed by atoms with E-state index in [9.17, 15) is 4.39 Å². The standard InChI is InChI=1S/C23H24FNO2/c1-26-21-9-6-18-12-16(2-3-19(18)13-21)15-27-23-14-25-11-10-22(23)17-4-7-20(24)8-5-17/h2-9,12-13,22-23,25H,10-11,14-15H2,1H3. The van der Waals surface area contributed by atoms with Crippen molar-refractivity contribution in [2.24, 2.45) is 0 Å². The van der Waals surface area contributed by atoms with Gasteiger partial charge < -0.3 is 14.8 Å². The van der Waals surface area contributed by atoms with Crippen molar-refractivity contribution in [2.75, 3.05) is 20.2 Å². The van der Waals surface area contributed by atoms with Gasteiger partial charge in [-0.05, 0) is 65.2 Å². The molecule has 0 spiro atoms. The van der Waals surface area contributed by atoms with Gasteiger partial charge in [-0.1, -0.05) is 30.3 Å². The minimum atomic E-state index is -0.196. The third-order valence-electron chi connectivity index (χ3n) is 5.30. The fourth-order valence-corrected chi connectivity index (χ4v) is 3.79. The Morgan fingerprint density at radius 3 is 2.59 bits per heavy atom. The van der Waals surface area contributed by atoms with Crippen molar-refractivity contribution >= 4 is 10.8 Å². The molecule has 27 heavy (non-hydrogen) atoms. The molecular formula is C23H24FNO2. The van der Waals surface area contributed by atoms with E-state index in [1.54, 1.807) is 7.11 Å². The minimum absolute atomic E-state index is 0.0794. The van der Waals surface area contributed by atoms with Crippen molar-refractivity contribution in [1.29, 1.82) is 0 Å². The summed E-state index contributed by atoms with van der Waals surface area (Å²) in [6.45, 7) is 2.33. The second kappa shape index (κ2) is 8.07. The molecule has 0 amide bonds. The Hall–Kier alpha value is -2.43. The maximum Gasteiger partial charge on any atom is 0.123 e. The quantitative estimate of drug-likeness (QED) is 0.714. The maximum atomic E-state index is 13.2. The number of methoxy groups -OCH3 is 1. The third kappa shape index (κ3) is 4.12. The largest absolute Gasteiger partial charge is 0.497 e. The van der Waals surface area contributed by atoms with Gasteiger partial charge in [0.15, 0.2) is 0 Å². The highest BCUT2D eigenvalue weighted by atomic mass is 19.1. The fraction of sp³-hybridized carbons (Fsp3) is 0.304. The van der Waals surface area contributed by atoms with Crippen LogP contribution in [0.5, 0.6) is 5.75 Å². The number of benzene rings is 3.